The third kappa shape index (κ3) is 6.46. The summed E-state index contributed by atoms with van der Waals surface area (Å²) in [6, 6.07) is 0. The fourth-order valence-electron chi connectivity index (χ4n) is 8.86. The minimum atomic E-state index is -1.63. The van der Waals surface area contributed by atoms with Crippen LogP contribution in [0.1, 0.15) is 108 Å². The number of ketones is 1. The van der Waals surface area contributed by atoms with Crippen molar-refractivity contribution in [2.45, 2.75) is 156 Å². The minimum absolute atomic E-state index is 0.0508. The van der Waals surface area contributed by atoms with Gasteiger partial charge in [0.25, 0.3) is 0 Å². The molecule has 3 heterocycles. The van der Waals surface area contributed by atoms with Gasteiger partial charge in [-0.3, -0.25) is 9.59 Å². The summed E-state index contributed by atoms with van der Waals surface area (Å²) in [4.78, 5) is 25.8. The molecule has 16 unspecified atom stereocenters. The number of carboxylic acids is 1. The number of aliphatic hydroxyl groups excluding tert-OH is 2. The largest absolute Gasteiger partial charge is 0.481 e. The van der Waals surface area contributed by atoms with Crippen LogP contribution in [0.5, 0.6) is 0 Å². The Kier molecular flexibility index (Phi) is 11.3. The lowest BCUT2D eigenvalue weighted by atomic mass is 9.73. The molecule has 16 atom stereocenters. The number of carbonyl (C=O) groups is 2. The molecule has 4 N–H and O–H groups in total. The molecule has 9 heteroatoms. The highest BCUT2D eigenvalue weighted by molar-refractivity contribution is 5.84. The van der Waals surface area contributed by atoms with Crippen molar-refractivity contribution in [3.8, 4) is 0 Å². The van der Waals surface area contributed by atoms with Crippen LogP contribution < -0.4 is 0 Å². The summed E-state index contributed by atoms with van der Waals surface area (Å²) in [7, 11) is 0. The second-order valence-electron chi connectivity index (χ2n) is 14.9. The molecule has 0 aromatic rings. The van der Waals surface area contributed by atoms with E-state index in [1.165, 1.54) is 0 Å². The van der Waals surface area contributed by atoms with Gasteiger partial charge in [-0.25, -0.2) is 0 Å². The summed E-state index contributed by atoms with van der Waals surface area (Å²) >= 11 is 0. The van der Waals surface area contributed by atoms with E-state index in [2.05, 4.69) is 6.92 Å². The topological polar surface area (TPSA) is 143 Å². The standard InChI is InChI=1S/C34H60O9/c1-12-25(30-19(5)15-32(11,42-30)34(40)20(6)16-33(13-2,43-34)24(10)35)27(37)21(7)26(36)22(8)28-17(3)14-18(4)29(41-28)23(9)31(38)39/h17-26,28-30,35-36,40H,12-16H2,1-11H3,(H,38,39). The van der Waals surface area contributed by atoms with Crippen molar-refractivity contribution in [3.05, 3.63) is 0 Å². The number of Topliss-reactive ketones (excluding diaryl/α,β-unsaturated/α-hetero) is 1. The molecule has 3 rings (SSSR count). The van der Waals surface area contributed by atoms with Gasteiger partial charge in [-0.15, -0.1) is 0 Å². The average molecular weight is 613 g/mol. The van der Waals surface area contributed by atoms with Crippen molar-refractivity contribution in [2.75, 3.05) is 0 Å². The zero-order valence-corrected chi connectivity index (χ0v) is 28.4. The average Bonchev–Trinajstić information content (AvgIpc) is 3.41. The van der Waals surface area contributed by atoms with Crippen LogP contribution in [-0.4, -0.2) is 79.7 Å². The fourth-order valence-corrected chi connectivity index (χ4v) is 8.86. The molecule has 0 amide bonds. The molecule has 0 aromatic carbocycles. The summed E-state index contributed by atoms with van der Waals surface area (Å²) in [5.74, 6) is -5.02. The summed E-state index contributed by atoms with van der Waals surface area (Å²) < 4.78 is 19.4. The molecule has 3 fully saturated rings. The van der Waals surface area contributed by atoms with Crippen molar-refractivity contribution in [1.29, 1.82) is 0 Å². The first kappa shape index (κ1) is 36.4. The predicted molar refractivity (Wildman–Crippen MR) is 163 cm³/mol. The van der Waals surface area contributed by atoms with E-state index < -0.39 is 65.1 Å². The van der Waals surface area contributed by atoms with E-state index >= 15 is 0 Å². The molecular formula is C34H60O9. The highest BCUT2D eigenvalue weighted by Gasteiger charge is 2.66. The molecular weight excluding hydrogens is 552 g/mol. The van der Waals surface area contributed by atoms with Gasteiger partial charge in [0.1, 0.15) is 11.4 Å². The zero-order valence-electron chi connectivity index (χ0n) is 28.4. The van der Waals surface area contributed by atoms with E-state index in [1.54, 1.807) is 20.8 Å². The quantitative estimate of drug-likeness (QED) is 0.244. The molecule has 3 aliphatic heterocycles. The first-order valence-corrected chi connectivity index (χ1v) is 16.7. The van der Waals surface area contributed by atoms with E-state index in [9.17, 15) is 30.0 Å². The molecule has 0 radical (unpaired) electrons. The third-order valence-electron chi connectivity index (χ3n) is 11.7. The van der Waals surface area contributed by atoms with Gasteiger partial charge in [-0.2, -0.15) is 0 Å². The number of rotatable bonds is 12. The fraction of sp³-hybridized carbons (Fsp3) is 0.941. The first-order valence-electron chi connectivity index (χ1n) is 16.7. The monoisotopic (exact) mass is 612 g/mol. The number of aliphatic carboxylic acids is 1. The van der Waals surface area contributed by atoms with Gasteiger partial charge in [0, 0.05) is 23.7 Å². The Hall–Kier alpha value is -1.10. The van der Waals surface area contributed by atoms with Crippen molar-refractivity contribution < 1.29 is 44.2 Å². The lowest BCUT2D eigenvalue weighted by Crippen LogP contribution is -2.57. The second-order valence-corrected chi connectivity index (χ2v) is 14.9. The van der Waals surface area contributed by atoms with Crippen LogP contribution in [-0.2, 0) is 23.8 Å². The van der Waals surface area contributed by atoms with Gasteiger partial charge in [-0.05, 0) is 70.6 Å². The molecule has 0 bridgehead atoms. The SMILES string of the molecule is CCC(C(=O)C(C)C(O)C(C)C1OC(C(C)C(=O)O)C(C)CC1C)C1OC(C)(C2(O)OC(CC)(C(C)O)CC2C)CC1C. The van der Waals surface area contributed by atoms with Gasteiger partial charge < -0.3 is 34.6 Å². The second kappa shape index (κ2) is 13.3. The van der Waals surface area contributed by atoms with Crippen LogP contribution in [0.2, 0.25) is 0 Å². The maximum Gasteiger partial charge on any atom is 0.308 e. The van der Waals surface area contributed by atoms with Crippen LogP contribution in [0.25, 0.3) is 0 Å². The summed E-state index contributed by atoms with van der Waals surface area (Å²) in [5.41, 5.74) is -1.95. The molecule has 9 nitrogen and oxygen atoms in total. The lowest BCUT2D eigenvalue weighted by molar-refractivity contribution is -0.331. The lowest BCUT2D eigenvalue weighted by Gasteiger charge is -2.45. The van der Waals surface area contributed by atoms with E-state index in [0.29, 0.717) is 25.7 Å². The van der Waals surface area contributed by atoms with Gasteiger partial charge in [0.15, 0.2) is 5.79 Å². The predicted octanol–water partition coefficient (Wildman–Crippen LogP) is 4.82. The number of carbonyl (C=O) groups excluding carboxylic acids is 1. The van der Waals surface area contributed by atoms with E-state index in [-0.39, 0.29) is 41.5 Å². The maximum absolute atomic E-state index is 14.1. The number of aliphatic hydroxyl groups is 3. The first-order chi connectivity index (χ1) is 19.8. The van der Waals surface area contributed by atoms with Crippen molar-refractivity contribution in [2.24, 2.45) is 47.3 Å². The Labute approximate surface area is 259 Å². The highest BCUT2D eigenvalue weighted by Crippen LogP contribution is 2.55. The molecule has 0 aliphatic carbocycles. The van der Waals surface area contributed by atoms with Crippen molar-refractivity contribution in [1.82, 2.24) is 0 Å². The van der Waals surface area contributed by atoms with Crippen LogP contribution in [0.3, 0.4) is 0 Å². The molecule has 43 heavy (non-hydrogen) atoms. The third-order valence-corrected chi connectivity index (χ3v) is 11.7. The number of hydrogen-bond acceptors (Lipinski definition) is 8. The Bertz CT molecular complexity index is 987. The normalized spacial score (nSPS) is 44.4. The summed E-state index contributed by atoms with van der Waals surface area (Å²) in [6.45, 7) is 20.8. The smallest absolute Gasteiger partial charge is 0.308 e. The molecule has 250 valence electrons. The highest BCUT2D eigenvalue weighted by atomic mass is 16.7. The van der Waals surface area contributed by atoms with Crippen molar-refractivity contribution >= 4 is 11.8 Å². The van der Waals surface area contributed by atoms with Crippen LogP contribution in [0, 0.1) is 47.3 Å². The van der Waals surface area contributed by atoms with Crippen LogP contribution in [0.4, 0.5) is 0 Å². The van der Waals surface area contributed by atoms with Gasteiger partial charge in [-0.1, -0.05) is 55.4 Å². The maximum atomic E-state index is 14.1. The molecule has 0 spiro atoms. The van der Waals surface area contributed by atoms with Crippen LogP contribution in [0.15, 0.2) is 0 Å². The minimum Gasteiger partial charge on any atom is -0.481 e. The van der Waals surface area contributed by atoms with E-state index in [0.717, 1.165) is 6.42 Å². The Morgan fingerprint density at radius 3 is 1.98 bits per heavy atom. The number of carboxylic acid groups (broad SMARTS) is 1. The Balaban J connectivity index is 1.77. The van der Waals surface area contributed by atoms with Gasteiger partial charge in [0.2, 0.25) is 0 Å². The number of ether oxygens (including phenoxy) is 3. The van der Waals surface area contributed by atoms with Gasteiger partial charge in [0.05, 0.1) is 42.0 Å². The molecule has 3 saturated heterocycles. The number of hydrogen-bond donors (Lipinski definition) is 4. The zero-order chi connectivity index (χ0) is 32.8. The molecule has 3 aliphatic rings. The van der Waals surface area contributed by atoms with Gasteiger partial charge >= 0.3 is 5.97 Å². The van der Waals surface area contributed by atoms with Crippen molar-refractivity contribution in [3.63, 3.8) is 0 Å². The molecule has 0 aromatic heterocycles. The van der Waals surface area contributed by atoms with E-state index in [1.807, 2.05) is 48.5 Å². The summed E-state index contributed by atoms with van der Waals surface area (Å²) in [6.07, 6.45) is -0.204. The Morgan fingerprint density at radius 1 is 0.907 bits per heavy atom. The summed E-state index contributed by atoms with van der Waals surface area (Å²) in [5, 5.41) is 43.7. The van der Waals surface area contributed by atoms with Crippen LogP contribution >= 0.6 is 0 Å². The molecule has 0 saturated carbocycles. The Morgan fingerprint density at radius 2 is 1.49 bits per heavy atom. The van der Waals surface area contributed by atoms with E-state index in [4.69, 9.17) is 14.2 Å².